The van der Waals surface area contributed by atoms with Crippen molar-refractivity contribution < 1.29 is 13.2 Å². The monoisotopic (exact) mass is 314 g/mol. The molecule has 0 aliphatic carbocycles. The van der Waals surface area contributed by atoms with Crippen LogP contribution in [-0.4, -0.2) is 38.0 Å². The normalized spacial score (nSPS) is 17.1. The summed E-state index contributed by atoms with van der Waals surface area (Å²) in [4.78, 5) is 12.3. The first-order chi connectivity index (χ1) is 9.79. The zero-order chi connectivity index (χ0) is 15.6. The molecule has 1 aliphatic rings. The molecule has 1 aliphatic heterocycles. The molecule has 0 unspecified atom stereocenters. The number of amides is 1. The van der Waals surface area contributed by atoms with E-state index >= 15 is 0 Å². The van der Waals surface area contributed by atoms with Crippen LogP contribution in [-0.2, 0) is 10.0 Å². The maximum absolute atomic E-state index is 12.3. The molecule has 8 heteroatoms. The minimum absolute atomic E-state index is 0.0186. The van der Waals surface area contributed by atoms with Gasteiger partial charge in [-0.2, -0.15) is 0 Å². The summed E-state index contributed by atoms with van der Waals surface area (Å²) in [5.41, 5.74) is 0.347. The van der Waals surface area contributed by atoms with Gasteiger partial charge in [0.2, 0.25) is 10.0 Å². The number of carbonyl (C=O) groups excluding carboxylic acids is 1. The van der Waals surface area contributed by atoms with Gasteiger partial charge in [-0.05, 0) is 45.8 Å². The molecule has 0 radical (unpaired) electrons. The van der Waals surface area contributed by atoms with E-state index in [4.69, 9.17) is 5.14 Å². The number of sulfonamides is 1. The number of nitrogens with zero attached hydrogens (tertiary/aromatic N) is 1. The largest absolute Gasteiger partial charge is 0.349 e. The molecule has 4 N–H and O–H groups in total. The van der Waals surface area contributed by atoms with Crippen molar-refractivity contribution in [2.75, 3.05) is 13.1 Å². The Kier molecular flexibility index (Phi) is 4.70. The van der Waals surface area contributed by atoms with Crippen LogP contribution in [0.3, 0.4) is 0 Å². The fourth-order valence-corrected chi connectivity index (χ4v) is 3.05. The first-order valence-electron chi connectivity index (χ1n) is 7.05. The smallest absolute Gasteiger partial charge is 0.268 e. The molecule has 0 aromatic carbocycles. The summed E-state index contributed by atoms with van der Waals surface area (Å²) in [7, 11) is -3.82. The Morgan fingerprint density at radius 3 is 2.57 bits per heavy atom. The molecular weight excluding hydrogens is 292 g/mol. The quantitative estimate of drug-likeness (QED) is 0.738. The number of hydrogen-bond donors (Lipinski definition) is 3. The summed E-state index contributed by atoms with van der Waals surface area (Å²) in [6, 6.07) is 1.44. The van der Waals surface area contributed by atoms with Crippen LogP contribution >= 0.6 is 0 Å². The molecule has 2 heterocycles. The van der Waals surface area contributed by atoms with Gasteiger partial charge < -0.3 is 15.2 Å². The van der Waals surface area contributed by atoms with Gasteiger partial charge in [-0.1, -0.05) is 0 Å². The van der Waals surface area contributed by atoms with Crippen molar-refractivity contribution in [1.82, 2.24) is 15.2 Å². The van der Waals surface area contributed by atoms with Crippen molar-refractivity contribution in [3.63, 3.8) is 0 Å². The highest BCUT2D eigenvalue weighted by molar-refractivity contribution is 7.89. The van der Waals surface area contributed by atoms with Crippen LogP contribution in [0.2, 0.25) is 0 Å². The number of carbonyl (C=O) groups is 1. The third kappa shape index (κ3) is 3.84. The molecule has 118 valence electrons. The molecular formula is C13H22N4O3S. The lowest BCUT2D eigenvalue weighted by atomic mass is 10.1. The topological polar surface area (TPSA) is 106 Å². The summed E-state index contributed by atoms with van der Waals surface area (Å²) >= 11 is 0. The lowest BCUT2D eigenvalue weighted by Crippen LogP contribution is -2.34. The van der Waals surface area contributed by atoms with Crippen LogP contribution in [0.1, 0.15) is 43.2 Å². The Labute approximate surface area is 124 Å². The van der Waals surface area contributed by atoms with Crippen LogP contribution in [0.4, 0.5) is 0 Å². The minimum atomic E-state index is -3.82. The number of rotatable bonds is 4. The molecule has 1 amide bonds. The van der Waals surface area contributed by atoms with Gasteiger partial charge in [-0.3, -0.25) is 4.79 Å². The van der Waals surface area contributed by atoms with Crippen molar-refractivity contribution in [1.29, 1.82) is 0 Å². The van der Waals surface area contributed by atoms with Crippen LogP contribution in [0.5, 0.6) is 0 Å². The van der Waals surface area contributed by atoms with E-state index in [1.165, 1.54) is 12.3 Å². The van der Waals surface area contributed by atoms with Gasteiger partial charge in [0.05, 0.1) is 0 Å². The summed E-state index contributed by atoms with van der Waals surface area (Å²) < 4.78 is 24.8. The van der Waals surface area contributed by atoms with Crippen LogP contribution < -0.4 is 15.8 Å². The molecule has 0 bridgehead atoms. The third-order valence-corrected chi connectivity index (χ3v) is 4.39. The summed E-state index contributed by atoms with van der Waals surface area (Å²) in [6.07, 6.45) is 3.17. The SMILES string of the molecule is CC(C)NC(=O)c1cc(S(N)(=O)=O)cn1C1CCNCC1. The average Bonchev–Trinajstić information content (AvgIpc) is 2.84. The summed E-state index contributed by atoms with van der Waals surface area (Å²) in [6.45, 7) is 5.41. The van der Waals surface area contributed by atoms with E-state index in [0.717, 1.165) is 25.9 Å². The molecule has 21 heavy (non-hydrogen) atoms. The fraction of sp³-hybridized carbons (Fsp3) is 0.615. The Morgan fingerprint density at radius 2 is 2.05 bits per heavy atom. The van der Waals surface area contributed by atoms with E-state index in [1.807, 2.05) is 13.8 Å². The maximum atomic E-state index is 12.3. The van der Waals surface area contributed by atoms with Gasteiger partial charge in [0.15, 0.2) is 0 Å². The highest BCUT2D eigenvalue weighted by Crippen LogP contribution is 2.24. The van der Waals surface area contributed by atoms with Crippen LogP contribution in [0, 0.1) is 0 Å². The molecule has 1 aromatic rings. The second kappa shape index (κ2) is 6.17. The first kappa shape index (κ1) is 16.0. The Bertz CT molecular complexity index is 615. The predicted octanol–water partition coefficient (Wildman–Crippen LogP) is 0.198. The van der Waals surface area contributed by atoms with Gasteiger partial charge in [0.1, 0.15) is 10.6 Å². The zero-order valence-corrected chi connectivity index (χ0v) is 13.1. The fourth-order valence-electron chi connectivity index (χ4n) is 2.51. The number of hydrogen-bond acceptors (Lipinski definition) is 4. The minimum Gasteiger partial charge on any atom is -0.349 e. The summed E-state index contributed by atoms with van der Waals surface area (Å²) in [5.74, 6) is -0.279. The highest BCUT2D eigenvalue weighted by Gasteiger charge is 2.24. The summed E-state index contributed by atoms with van der Waals surface area (Å²) in [5, 5.41) is 11.2. The molecule has 1 aromatic heterocycles. The lowest BCUT2D eigenvalue weighted by Gasteiger charge is -2.26. The number of nitrogens with one attached hydrogen (secondary N) is 2. The molecule has 2 rings (SSSR count). The van der Waals surface area contributed by atoms with E-state index in [2.05, 4.69) is 10.6 Å². The van der Waals surface area contributed by atoms with Crippen molar-refractivity contribution in [2.45, 2.75) is 43.7 Å². The van der Waals surface area contributed by atoms with E-state index in [-0.39, 0.29) is 22.9 Å². The Balaban J connectivity index is 2.40. The maximum Gasteiger partial charge on any atom is 0.268 e. The number of nitrogens with two attached hydrogens (primary N) is 1. The standard InChI is InChI=1S/C13H22N4O3S/c1-9(2)16-13(18)12-7-11(21(14,19)20)8-17(12)10-3-5-15-6-4-10/h7-10,15H,3-6H2,1-2H3,(H,16,18)(H2,14,19,20). The highest BCUT2D eigenvalue weighted by atomic mass is 32.2. The number of aromatic nitrogens is 1. The zero-order valence-electron chi connectivity index (χ0n) is 12.3. The average molecular weight is 314 g/mol. The Morgan fingerprint density at radius 1 is 1.43 bits per heavy atom. The van der Waals surface area contributed by atoms with Crippen molar-refractivity contribution in [2.24, 2.45) is 5.14 Å². The molecule has 0 atom stereocenters. The predicted molar refractivity (Wildman–Crippen MR) is 79.5 cm³/mol. The van der Waals surface area contributed by atoms with Crippen LogP contribution in [0.15, 0.2) is 17.2 Å². The van der Waals surface area contributed by atoms with Crippen molar-refractivity contribution in [3.8, 4) is 0 Å². The second-order valence-electron chi connectivity index (χ2n) is 5.62. The molecule has 0 saturated carbocycles. The van der Waals surface area contributed by atoms with Crippen molar-refractivity contribution in [3.05, 3.63) is 18.0 Å². The van der Waals surface area contributed by atoms with Gasteiger partial charge in [-0.25, -0.2) is 13.6 Å². The van der Waals surface area contributed by atoms with Gasteiger partial charge in [-0.15, -0.1) is 0 Å². The number of primary sulfonamides is 1. The van der Waals surface area contributed by atoms with Crippen molar-refractivity contribution >= 4 is 15.9 Å². The molecule has 1 saturated heterocycles. The van der Waals surface area contributed by atoms with Crippen LogP contribution in [0.25, 0.3) is 0 Å². The van der Waals surface area contributed by atoms with Gasteiger partial charge in [0, 0.05) is 18.3 Å². The third-order valence-electron chi connectivity index (χ3n) is 3.51. The van der Waals surface area contributed by atoms with Gasteiger partial charge in [0.25, 0.3) is 5.91 Å². The lowest BCUT2D eigenvalue weighted by molar-refractivity contribution is 0.0930. The van der Waals surface area contributed by atoms with E-state index in [1.54, 1.807) is 4.57 Å². The van der Waals surface area contributed by atoms with E-state index in [9.17, 15) is 13.2 Å². The number of piperidine rings is 1. The molecule has 7 nitrogen and oxygen atoms in total. The van der Waals surface area contributed by atoms with Gasteiger partial charge >= 0.3 is 0 Å². The molecule has 0 spiro atoms. The first-order valence-corrected chi connectivity index (χ1v) is 8.60. The van der Waals surface area contributed by atoms with E-state index < -0.39 is 10.0 Å². The molecule has 1 fully saturated rings. The second-order valence-corrected chi connectivity index (χ2v) is 7.18. The van der Waals surface area contributed by atoms with E-state index in [0.29, 0.717) is 5.69 Å². The Hall–Kier alpha value is -1.38.